The quantitative estimate of drug-likeness (QED) is 0.663. The van der Waals surface area contributed by atoms with Gasteiger partial charge in [-0.2, -0.15) is 0 Å². The summed E-state index contributed by atoms with van der Waals surface area (Å²) in [7, 11) is 0. The molecule has 0 aliphatic rings. The zero-order chi connectivity index (χ0) is 9.84. The van der Waals surface area contributed by atoms with E-state index >= 15 is 0 Å². The second kappa shape index (κ2) is 3.84. The molecule has 0 fully saturated rings. The van der Waals surface area contributed by atoms with Crippen molar-refractivity contribution in [3.8, 4) is 0 Å². The molecular weight excluding hydrogens is 170 g/mol. The number of rotatable bonds is 0. The lowest BCUT2D eigenvalue weighted by atomic mass is 10.4. The minimum Gasteiger partial charge on any atom is -0.404 e. The number of hydrogen-bond acceptors (Lipinski definition) is 4. The Hall–Kier alpha value is -1.65. The van der Waals surface area contributed by atoms with E-state index in [9.17, 15) is 4.79 Å². The van der Waals surface area contributed by atoms with Crippen molar-refractivity contribution in [2.45, 2.75) is 20.8 Å². The molecule has 0 atom stereocenters. The van der Waals surface area contributed by atoms with Gasteiger partial charge in [-0.25, -0.2) is 14.8 Å². The van der Waals surface area contributed by atoms with Gasteiger partial charge < -0.3 is 4.42 Å². The van der Waals surface area contributed by atoms with Gasteiger partial charge in [0, 0.05) is 0 Å². The average Bonchev–Trinajstić information content (AvgIpc) is 2.51. The summed E-state index contributed by atoms with van der Waals surface area (Å²) >= 11 is 0. The highest BCUT2D eigenvalue weighted by molar-refractivity contribution is 5.68. The summed E-state index contributed by atoms with van der Waals surface area (Å²) in [5.74, 6) is -0.497. The molecule has 1 N–H and O–H groups in total. The first kappa shape index (κ1) is 9.44. The SMILES string of the molecule is CC.Cc1ncnc2[nH]c(=O)oc12. The van der Waals surface area contributed by atoms with Gasteiger partial charge in [0.05, 0.1) is 5.69 Å². The Morgan fingerprint density at radius 1 is 1.38 bits per heavy atom. The van der Waals surface area contributed by atoms with Gasteiger partial charge in [-0.05, 0) is 6.92 Å². The minimum absolute atomic E-state index is 0.428. The van der Waals surface area contributed by atoms with Crippen molar-refractivity contribution >= 4 is 11.2 Å². The van der Waals surface area contributed by atoms with Crippen LogP contribution in [0.2, 0.25) is 0 Å². The molecule has 2 heterocycles. The smallest absolute Gasteiger partial charge is 0.404 e. The summed E-state index contributed by atoms with van der Waals surface area (Å²) in [5.41, 5.74) is 1.54. The van der Waals surface area contributed by atoms with Crippen LogP contribution in [-0.2, 0) is 0 Å². The largest absolute Gasteiger partial charge is 0.418 e. The molecule has 0 aliphatic carbocycles. The van der Waals surface area contributed by atoms with Crippen molar-refractivity contribution in [2.75, 3.05) is 0 Å². The van der Waals surface area contributed by atoms with Crippen molar-refractivity contribution in [3.05, 3.63) is 22.6 Å². The zero-order valence-electron chi connectivity index (χ0n) is 7.79. The molecule has 70 valence electrons. The number of aromatic amines is 1. The number of hydrogen-bond donors (Lipinski definition) is 1. The van der Waals surface area contributed by atoms with Gasteiger partial charge in [0.25, 0.3) is 0 Å². The van der Waals surface area contributed by atoms with E-state index in [4.69, 9.17) is 4.42 Å². The van der Waals surface area contributed by atoms with Crippen molar-refractivity contribution in [1.29, 1.82) is 0 Å². The number of aromatic nitrogens is 3. The Bertz CT molecular complexity index is 444. The van der Waals surface area contributed by atoms with Crippen LogP contribution < -0.4 is 5.76 Å². The van der Waals surface area contributed by atoms with Gasteiger partial charge in [-0.1, -0.05) is 13.8 Å². The van der Waals surface area contributed by atoms with Gasteiger partial charge in [-0.15, -0.1) is 0 Å². The van der Waals surface area contributed by atoms with Crippen molar-refractivity contribution in [3.63, 3.8) is 0 Å². The normalized spacial score (nSPS) is 9.46. The standard InChI is InChI=1S/C6H5N3O2.C2H6/c1-3-4-5(8-2-7-3)9-6(10)11-4;1-2/h2H,1H3,(H,7,8,9,10);1-2H3. The maximum Gasteiger partial charge on any atom is 0.418 e. The van der Waals surface area contributed by atoms with Gasteiger partial charge >= 0.3 is 5.76 Å². The summed E-state index contributed by atoms with van der Waals surface area (Å²) in [6.07, 6.45) is 1.38. The molecule has 0 spiro atoms. The summed E-state index contributed by atoms with van der Waals surface area (Å²) in [6.45, 7) is 5.75. The molecule has 2 rings (SSSR count). The Kier molecular flexibility index (Phi) is 2.79. The first-order chi connectivity index (χ1) is 6.27. The lowest BCUT2D eigenvalue weighted by molar-refractivity contribution is 0.552. The van der Waals surface area contributed by atoms with Gasteiger partial charge in [-0.3, -0.25) is 4.98 Å². The third-order valence-corrected chi connectivity index (χ3v) is 1.40. The molecular formula is C8H11N3O2. The molecule has 0 aromatic carbocycles. The Labute approximate surface area is 74.8 Å². The molecule has 13 heavy (non-hydrogen) atoms. The first-order valence-electron chi connectivity index (χ1n) is 4.08. The van der Waals surface area contributed by atoms with Crippen LogP contribution in [0, 0.1) is 6.92 Å². The van der Waals surface area contributed by atoms with E-state index < -0.39 is 5.76 Å². The predicted molar refractivity (Wildman–Crippen MR) is 48.5 cm³/mol. The molecule has 0 saturated carbocycles. The third kappa shape index (κ3) is 1.74. The number of H-pyrrole nitrogens is 1. The van der Waals surface area contributed by atoms with E-state index in [1.807, 2.05) is 13.8 Å². The molecule has 2 aromatic rings. The first-order valence-corrected chi connectivity index (χ1v) is 4.08. The zero-order valence-corrected chi connectivity index (χ0v) is 7.79. The molecule has 0 amide bonds. The number of fused-ring (bicyclic) bond motifs is 1. The van der Waals surface area contributed by atoms with Crippen LogP contribution in [-0.4, -0.2) is 15.0 Å². The summed E-state index contributed by atoms with van der Waals surface area (Å²) in [5, 5.41) is 0. The molecule has 2 aromatic heterocycles. The third-order valence-electron chi connectivity index (χ3n) is 1.40. The molecule has 5 nitrogen and oxygen atoms in total. The average molecular weight is 181 g/mol. The second-order valence-electron chi connectivity index (χ2n) is 2.15. The summed E-state index contributed by atoms with van der Waals surface area (Å²) in [6, 6.07) is 0. The Balaban J connectivity index is 0.000000396. The summed E-state index contributed by atoms with van der Waals surface area (Å²) in [4.78, 5) is 20.7. The Morgan fingerprint density at radius 2 is 2.08 bits per heavy atom. The van der Waals surface area contributed by atoms with E-state index in [2.05, 4.69) is 15.0 Å². The maximum absolute atomic E-state index is 10.7. The molecule has 0 radical (unpaired) electrons. The molecule has 0 aliphatic heterocycles. The van der Waals surface area contributed by atoms with Crippen LogP contribution in [0.25, 0.3) is 11.2 Å². The van der Waals surface area contributed by atoms with Crippen molar-refractivity contribution in [2.24, 2.45) is 0 Å². The van der Waals surface area contributed by atoms with Crippen molar-refractivity contribution < 1.29 is 4.42 Å². The Morgan fingerprint density at radius 3 is 2.69 bits per heavy atom. The van der Waals surface area contributed by atoms with Crippen LogP contribution in [0.4, 0.5) is 0 Å². The van der Waals surface area contributed by atoms with Gasteiger partial charge in [0.1, 0.15) is 6.33 Å². The topological polar surface area (TPSA) is 71.8 Å². The van der Waals surface area contributed by atoms with Crippen LogP contribution in [0.1, 0.15) is 19.5 Å². The number of oxazole rings is 1. The van der Waals surface area contributed by atoms with E-state index in [-0.39, 0.29) is 0 Å². The summed E-state index contributed by atoms with van der Waals surface area (Å²) < 4.78 is 4.76. The van der Waals surface area contributed by atoms with Crippen LogP contribution in [0.3, 0.4) is 0 Å². The van der Waals surface area contributed by atoms with Crippen molar-refractivity contribution in [1.82, 2.24) is 15.0 Å². The lowest BCUT2D eigenvalue weighted by Crippen LogP contribution is -1.93. The molecule has 0 unspecified atom stereocenters. The fourth-order valence-electron chi connectivity index (χ4n) is 0.888. The lowest BCUT2D eigenvalue weighted by Gasteiger charge is -1.87. The predicted octanol–water partition coefficient (Wildman–Crippen LogP) is 1.25. The van der Waals surface area contributed by atoms with Gasteiger partial charge in [0.2, 0.25) is 0 Å². The number of aryl methyl sites for hydroxylation is 1. The number of nitrogens with one attached hydrogen (secondary N) is 1. The van der Waals surface area contributed by atoms with E-state index in [1.165, 1.54) is 6.33 Å². The molecule has 0 saturated heterocycles. The fourth-order valence-corrected chi connectivity index (χ4v) is 0.888. The van der Waals surface area contributed by atoms with Crippen LogP contribution in [0.5, 0.6) is 0 Å². The second-order valence-corrected chi connectivity index (χ2v) is 2.15. The van der Waals surface area contributed by atoms with E-state index in [1.54, 1.807) is 6.92 Å². The van der Waals surface area contributed by atoms with E-state index in [0.29, 0.717) is 16.9 Å². The molecule has 5 heteroatoms. The van der Waals surface area contributed by atoms with Gasteiger partial charge in [0.15, 0.2) is 11.2 Å². The van der Waals surface area contributed by atoms with E-state index in [0.717, 1.165) is 0 Å². The highest BCUT2D eigenvalue weighted by Gasteiger charge is 2.03. The maximum atomic E-state index is 10.7. The molecule has 0 bridgehead atoms. The number of nitrogens with zero attached hydrogens (tertiary/aromatic N) is 2. The van der Waals surface area contributed by atoms with Crippen LogP contribution in [0.15, 0.2) is 15.5 Å². The highest BCUT2D eigenvalue weighted by Crippen LogP contribution is 2.07. The monoisotopic (exact) mass is 181 g/mol. The fraction of sp³-hybridized carbons (Fsp3) is 0.375. The minimum atomic E-state index is -0.497. The highest BCUT2D eigenvalue weighted by atomic mass is 16.4. The van der Waals surface area contributed by atoms with Crippen LogP contribution >= 0.6 is 0 Å².